The van der Waals surface area contributed by atoms with Crippen LogP contribution in [0.15, 0.2) is 18.2 Å². The summed E-state index contributed by atoms with van der Waals surface area (Å²) in [4.78, 5) is 19.2. The number of halogens is 1. The number of H-pyrrole nitrogens is 1. The van der Waals surface area contributed by atoms with Crippen molar-refractivity contribution in [1.29, 1.82) is 0 Å². The number of benzene rings is 1. The number of hydrogen-bond acceptors (Lipinski definition) is 4. The average molecular weight is 344 g/mol. The molecule has 25 heavy (non-hydrogen) atoms. The van der Waals surface area contributed by atoms with E-state index in [1.165, 1.54) is 38.2 Å². The average Bonchev–Trinajstić information content (AvgIpc) is 3.38. The summed E-state index contributed by atoms with van der Waals surface area (Å²) in [6.45, 7) is 1.27. The fourth-order valence-electron chi connectivity index (χ4n) is 3.36. The number of likely N-dealkylation sites (tertiary alicyclic amines) is 1. The van der Waals surface area contributed by atoms with Gasteiger partial charge in [0, 0.05) is 30.5 Å². The molecular formula is C18H21FN4O2. The Morgan fingerprint density at radius 3 is 2.92 bits per heavy atom. The lowest BCUT2D eigenvalue weighted by atomic mass is 9.96. The van der Waals surface area contributed by atoms with Crippen LogP contribution in [0.3, 0.4) is 0 Å². The van der Waals surface area contributed by atoms with E-state index in [0.717, 1.165) is 24.5 Å². The maximum atomic E-state index is 13.6. The van der Waals surface area contributed by atoms with Gasteiger partial charge < -0.3 is 9.64 Å². The summed E-state index contributed by atoms with van der Waals surface area (Å²) in [7, 11) is 1.39. The second kappa shape index (κ2) is 6.46. The van der Waals surface area contributed by atoms with Crippen molar-refractivity contribution in [2.75, 3.05) is 20.2 Å². The lowest BCUT2D eigenvalue weighted by Crippen LogP contribution is -2.39. The molecule has 0 radical (unpaired) electrons. The third-order valence-electron chi connectivity index (χ3n) is 4.96. The van der Waals surface area contributed by atoms with Crippen LogP contribution in [0.1, 0.15) is 59.5 Å². The summed E-state index contributed by atoms with van der Waals surface area (Å²) in [6.07, 6.45) is 4.23. The molecule has 0 spiro atoms. The minimum Gasteiger partial charge on any atom is -0.494 e. The maximum absolute atomic E-state index is 13.6. The Hall–Kier alpha value is -2.44. The lowest BCUT2D eigenvalue weighted by Gasteiger charge is -2.31. The summed E-state index contributed by atoms with van der Waals surface area (Å²) < 4.78 is 18.5. The number of nitrogens with one attached hydrogen (secondary N) is 1. The fourth-order valence-corrected chi connectivity index (χ4v) is 3.36. The number of hydrogen-bond donors (Lipinski definition) is 1. The zero-order valence-corrected chi connectivity index (χ0v) is 14.2. The number of amides is 1. The van der Waals surface area contributed by atoms with Gasteiger partial charge in [0.25, 0.3) is 5.91 Å². The molecule has 7 heteroatoms. The normalized spacial score (nSPS) is 20.6. The number of carbonyl (C=O) groups excluding carboxylic acids is 1. The summed E-state index contributed by atoms with van der Waals surface area (Å²) >= 11 is 0. The van der Waals surface area contributed by atoms with Crippen molar-refractivity contribution in [2.45, 2.75) is 37.5 Å². The molecule has 1 aliphatic heterocycles. The topological polar surface area (TPSA) is 71.1 Å². The van der Waals surface area contributed by atoms with Gasteiger partial charge in [-0.05, 0) is 43.9 Å². The fraction of sp³-hybridized carbons (Fsp3) is 0.500. The van der Waals surface area contributed by atoms with Crippen LogP contribution in [0.4, 0.5) is 4.39 Å². The molecule has 6 nitrogen and oxygen atoms in total. The number of nitrogens with zero attached hydrogens (tertiary/aromatic N) is 3. The third kappa shape index (κ3) is 3.23. The molecule has 1 aromatic heterocycles. The molecule has 132 valence electrons. The number of carbonyl (C=O) groups is 1. The molecule has 1 N–H and O–H groups in total. The molecular weight excluding hydrogens is 323 g/mol. The first-order valence-corrected chi connectivity index (χ1v) is 8.70. The van der Waals surface area contributed by atoms with Crippen LogP contribution >= 0.6 is 0 Å². The molecule has 1 amide bonds. The molecule has 1 unspecified atom stereocenters. The molecule has 1 saturated heterocycles. The van der Waals surface area contributed by atoms with Gasteiger partial charge in [0.1, 0.15) is 5.82 Å². The molecule has 0 bridgehead atoms. The second-order valence-corrected chi connectivity index (χ2v) is 6.79. The quantitative estimate of drug-likeness (QED) is 0.926. The first-order valence-electron chi connectivity index (χ1n) is 8.70. The highest BCUT2D eigenvalue weighted by Crippen LogP contribution is 2.38. The van der Waals surface area contributed by atoms with Gasteiger partial charge >= 0.3 is 0 Å². The summed E-state index contributed by atoms with van der Waals surface area (Å²) in [5, 5.41) is 7.40. The van der Waals surface area contributed by atoms with E-state index in [2.05, 4.69) is 15.2 Å². The van der Waals surface area contributed by atoms with Crippen molar-refractivity contribution in [2.24, 2.45) is 0 Å². The summed E-state index contributed by atoms with van der Waals surface area (Å²) in [5.41, 5.74) is 0.438. The van der Waals surface area contributed by atoms with Crippen molar-refractivity contribution in [1.82, 2.24) is 20.1 Å². The van der Waals surface area contributed by atoms with Crippen molar-refractivity contribution in [3.8, 4) is 5.75 Å². The zero-order valence-electron chi connectivity index (χ0n) is 14.2. The molecule has 1 atom stereocenters. The third-order valence-corrected chi connectivity index (χ3v) is 4.96. The molecule has 1 aromatic carbocycles. The summed E-state index contributed by atoms with van der Waals surface area (Å²) in [5.74, 6) is 1.96. The Kier molecular flexibility index (Phi) is 4.15. The Labute approximate surface area is 145 Å². The van der Waals surface area contributed by atoms with Crippen molar-refractivity contribution in [3.63, 3.8) is 0 Å². The number of piperidine rings is 1. The Morgan fingerprint density at radius 2 is 2.16 bits per heavy atom. The van der Waals surface area contributed by atoms with Crippen molar-refractivity contribution < 1.29 is 13.9 Å². The van der Waals surface area contributed by atoms with Gasteiger partial charge in [-0.15, -0.1) is 0 Å². The summed E-state index contributed by atoms with van der Waals surface area (Å²) in [6, 6.07) is 4.23. The highest BCUT2D eigenvalue weighted by Gasteiger charge is 2.31. The SMILES string of the molecule is COc1cc(C(=O)N2CCCC(c3n[nH]c(C4CC4)n3)C2)ccc1F. The van der Waals surface area contributed by atoms with E-state index in [9.17, 15) is 9.18 Å². The van der Waals surface area contributed by atoms with E-state index in [-0.39, 0.29) is 17.6 Å². The van der Waals surface area contributed by atoms with Gasteiger partial charge in [-0.2, -0.15) is 5.10 Å². The van der Waals surface area contributed by atoms with Crippen LogP contribution in [-0.4, -0.2) is 46.2 Å². The lowest BCUT2D eigenvalue weighted by molar-refractivity contribution is 0.0704. The predicted octanol–water partition coefficient (Wildman–Crippen LogP) is 2.85. The minimum absolute atomic E-state index is 0.0856. The number of rotatable bonds is 4. The minimum atomic E-state index is -0.469. The molecule has 2 heterocycles. The van der Waals surface area contributed by atoms with E-state index < -0.39 is 5.82 Å². The standard InChI is InChI=1S/C18H21FN4O2/c1-25-15-9-12(6-7-14(15)19)18(24)23-8-2-3-13(10-23)17-20-16(21-22-17)11-4-5-11/h6-7,9,11,13H,2-5,8,10H2,1H3,(H,20,21,22). The largest absolute Gasteiger partial charge is 0.494 e. The Balaban J connectivity index is 1.49. The van der Waals surface area contributed by atoms with E-state index in [1.54, 1.807) is 4.90 Å². The van der Waals surface area contributed by atoms with Crippen LogP contribution in [0, 0.1) is 5.82 Å². The van der Waals surface area contributed by atoms with Gasteiger partial charge in [0.05, 0.1) is 7.11 Å². The predicted molar refractivity (Wildman–Crippen MR) is 89.2 cm³/mol. The van der Waals surface area contributed by atoms with E-state index >= 15 is 0 Å². The van der Waals surface area contributed by atoms with E-state index in [0.29, 0.717) is 24.6 Å². The van der Waals surface area contributed by atoms with Gasteiger partial charge in [-0.25, -0.2) is 9.37 Å². The number of ether oxygens (including phenoxy) is 1. The molecule has 1 aliphatic carbocycles. The van der Waals surface area contributed by atoms with E-state index in [4.69, 9.17) is 4.74 Å². The van der Waals surface area contributed by atoms with Crippen LogP contribution in [0.25, 0.3) is 0 Å². The van der Waals surface area contributed by atoms with Gasteiger partial charge in [-0.3, -0.25) is 9.89 Å². The van der Waals surface area contributed by atoms with Crippen LogP contribution in [0.2, 0.25) is 0 Å². The van der Waals surface area contributed by atoms with Crippen LogP contribution < -0.4 is 4.74 Å². The zero-order chi connectivity index (χ0) is 17.4. The highest BCUT2D eigenvalue weighted by atomic mass is 19.1. The van der Waals surface area contributed by atoms with Crippen molar-refractivity contribution in [3.05, 3.63) is 41.2 Å². The Morgan fingerprint density at radius 1 is 1.32 bits per heavy atom. The Bertz CT molecular complexity index is 787. The first kappa shape index (κ1) is 16.1. The number of aromatic amines is 1. The van der Waals surface area contributed by atoms with Crippen LogP contribution in [0.5, 0.6) is 5.75 Å². The molecule has 2 aliphatic rings. The number of methoxy groups -OCH3 is 1. The molecule has 2 aromatic rings. The van der Waals surface area contributed by atoms with Gasteiger partial charge in [0.2, 0.25) is 0 Å². The molecule has 2 fully saturated rings. The van der Waals surface area contributed by atoms with Gasteiger partial charge in [0.15, 0.2) is 17.4 Å². The molecule has 1 saturated carbocycles. The highest BCUT2D eigenvalue weighted by molar-refractivity contribution is 5.94. The maximum Gasteiger partial charge on any atom is 0.254 e. The number of aromatic nitrogens is 3. The second-order valence-electron chi connectivity index (χ2n) is 6.79. The monoisotopic (exact) mass is 344 g/mol. The van der Waals surface area contributed by atoms with Crippen LogP contribution in [-0.2, 0) is 0 Å². The molecule has 4 rings (SSSR count). The first-order chi connectivity index (χ1) is 12.2. The smallest absolute Gasteiger partial charge is 0.254 e. The van der Waals surface area contributed by atoms with Gasteiger partial charge in [-0.1, -0.05) is 0 Å². The van der Waals surface area contributed by atoms with E-state index in [1.807, 2.05) is 0 Å². The van der Waals surface area contributed by atoms with Crippen molar-refractivity contribution >= 4 is 5.91 Å².